The quantitative estimate of drug-likeness (QED) is 0.319. The number of hydrogen-bond donors (Lipinski definition) is 0. The molecule has 0 saturated heterocycles. The second-order valence-electron chi connectivity index (χ2n) is 2.69. The molecule has 0 rings (SSSR count). The molecule has 54 valence electrons. The molecule has 0 aromatic carbocycles. The summed E-state index contributed by atoms with van der Waals surface area (Å²) in [6.07, 6.45) is 2.13. The maximum absolute atomic E-state index is 8.54. The first-order chi connectivity index (χ1) is 4.09. The van der Waals surface area contributed by atoms with Gasteiger partial charge in [0.05, 0.1) is 0 Å². The summed E-state index contributed by atoms with van der Waals surface area (Å²) in [5.74, 6) is 0. The standard InChI is InChI=1S/C7H14N2.Li.H/c1-6(2)9(5-8)7(3)4;;/h6-7H,1-4H3;;. The van der Waals surface area contributed by atoms with E-state index >= 15 is 0 Å². The van der Waals surface area contributed by atoms with Crippen molar-refractivity contribution in [1.82, 2.24) is 4.90 Å². The summed E-state index contributed by atoms with van der Waals surface area (Å²) in [5.41, 5.74) is 0. The van der Waals surface area contributed by atoms with Crippen LogP contribution in [0, 0.1) is 11.5 Å². The van der Waals surface area contributed by atoms with Crippen LogP contribution in [-0.2, 0) is 0 Å². The van der Waals surface area contributed by atoms with Gasteiger partial charge < -0.3 is 4.90 Å². The van der Waals surface area contributed by atoms with Crippen LogP contribution in [0.1, 0.15) is 27.7 Å². The molecule has 0 amide bonds. The Labute approximate surface area is 75.4 Å². The monoisotopic (exact) mass is 134 g/mol. The molecule has 0 aliphatic carbocycles. The Kier molecular flexibility index (Phi) is 7.10. The first kappa shape index (κ1) is 12.6. The van der Waals surface area contributed by atoms with Crippen LogP contribution in [0.5, 0.6) is 0 Å². The summed E-state index contributed by atoms with van der Waals surface area (Å²) in [6, 6.07) is 0.657. The van der Waals surface area contributed by atoms with Gasteiger partial charge in [-0.25, -0.2) is 0 Å². The number of hydrogen-bond acceptors (Lipinski definition) is 2. The van der Waals surface area contributed by atoms with Gasteiger partial charge in [0.25, 0.3) is 0 Å². The van der Waals surface area contributed by atoms with Gasteiger partial charge in [0.2, 0.25) is 0 Å². The summed E-state index contributed by atoms with van der Waals surface area (Å²) in [6.45, 7) is 8.07. The molecule has 10 heavy (non-hydrogen) atoms. The summed E-state index contributed by atoms with van der Waals surface area (Å²) in [5, 5.41) is 8.54. The van der Waals surface area contributed by atoms with Crippen molar-refractivity contribution in [3.05, 3.63) is 0 Å². The molecule has 0 N–H and O–H groups in total. The molecule has 0 aromatic heterocycles. The summed E-state index contributed by atoms with van der Waals surface area (Å²) in [4.78, 5) is 1.76. The van der Waals surface area contributed by atoms with E-state index < -0.39 is 0 Å². The van der Waals surface area contributed by atoms with Crippen molar-refractivity contribution >= 4 is 18.9 Å². The van der Waals surface area contributed by atoms with Crippen molar-refractivity contribution in [3.63, 3.8) is 0 Å². The molecular weight excluding hydrogens is 119 g/mol. The Balaban J connectivity index is 0. The average molecular weight is 134 g/mol. The van der Waals surface area contributed by atoms with Crippen LogP contribution in [0.2, 0.25) is 0 Å². The molecule has 0 spiro atoms. The van der Waals surface area contributed by atoms with Crippen molar-refractivity contribution in [1.29, 1.82) is 5.26 Å². The molecule has 3 heteroatoms. The molecule has 0 bridgehead atoms. The van der Waals surface area contributed by atoms with Crippen LogP contribution in [0.3, 0.4) is 0 Å². The Morgan fingerprint density at radius 3 is 1.40 bits per heavy atom. The first-order valence-electron chi connectivity index (χ1n) is 3.27. The Hall–Kier alpha value is -0.113. The van der Waals surface area contributed by atoms with Gasteiger partial charge in [0.1, 0.15) is 0 Å². The predicted octanol–water partition coefficient (Wildman–Crippen LogP) is 0.938. The van der Waals surface area contributed by atoms with E-state index in [4.69, 9.17) is 5.26 Å². The fourth-order valence-corrected chi connectivity index (χ4v) is 0.827. The van der Waals surface area contributed by atoms with Crippen LogP contribution in [0.4, 0.5) is 0 Å². The Morgan fingerprint density at radius 2 is 1.40 bits per heavy atom. The van der Waals surface area contributed by atoms with Gasteiger partial charge >= 0.3 is 18.9 Å². The Morgan fingerprint density at radius 1 is 1.10 bits per heavy atom. The fourth-order valence-electron chi connectivity index (χ4n) is 0.827. The van der Waals surface area contributed by atoms with E-state index in [-0.39, 0.29) is 18.9 Å². The van der Waals surface area contributed by atoms with Gasteiger partial charge in [-0.3, -0.25) is 0 Å². The third-order valence-electron chi connectivity index (χ3n) is 1.23. The minimum atomic E-state index is 0. The van der Waals surface area contributed by atoms with E-state index in [1.54, 1.807) is 4.90 Å². The van der Waals surface area contributed by atoms with Gasteiger partial charge in [-0.1, -0.05) is 0 Å². The first-order valence-corrected chi connectivity index (χ1v) is 3.27. The van der Waals surface area contributed by atoms with Crippen LogP contribution in [0.25, 0.3) is 0 Å². The molecule has 0 radical (unpaired) electrons. The van der Waals surface area contributed by atoms with Crippen LogP contribution >= 0.6 is 0 Å². The molecule has 0 saturated carbocycles. The molecule has 0 heterocycles. The van der Waals surface area contributed by atoms with Gasteiger partial charge in [-0.05, 0) is 27.7 Å². The molecule has 0 fully saturated rings. The van der Waals surface area contributed by atoms with E-state index in [0.29, 0.717) is 12.1 Å². The molecule has 2 nitrogen and oxygen atoms in total. The molecule has 0 aliphatic rings. The fraction of sp³-hybridized carbons (Fsp3) is 0.857. The zero-order valence-corrected chi connectivity index (χ0v) is 6.55. The van der Waals surface area contributed by atoms with E-state index in [1.165, 1.54) is 0 Å². The van der Waals surface area contributed by atoms with Crippen molar-refractivity contribution in [2.24, 2.45) is 0 Å². The van der Waals surface area contributed by atoms with E-state index in [1.807, 2.05) is 27.7 Å². The topological polar surface area (TPSA) is 27.0 Å². The molecule has 0 aliphatic heterocycles. The molecule has 0 unspecified atom stereocenters. The van der Waals surface area contributed by atoms with E-state index in [2.05, 4.69) is 6.19 Å². The Bertz CT molecular complexity index is 107. The number of nitriles is 1. The van der Waals surface area contributed by atoms with Gasteiger partial charge in [0.15, 0.2) is 6.19 Å². The van der Waals surface area contributed by atoms with Crippen molar-refractivity contribution < 1.29 is 0 Å². The van der Waals surface area contributed by atoms with Gasteiger partial charge in [-0.15, -0.1) is 0 Å². The second-order valence-corrected chi connectivity index (χ2v) is 2.69. The summed E-state index contributed by atoms with van der Waals surface area (Å²) < 4.78 is 0. The predicted molar refractivity (Wildman–Crippen MR) is 44.9 cm³/mol. The van der Waals surface area contributed by atoms with Crippen LogP contribution in [-0.4, -0.2) is 35.8 Å². The van der Waals surface area contributed by atoms with Crippen LogP contribution in [0.15, 0.2) is 0 Å². The maximum atomic E-state index is 8.54. The van der Waals surface area contributed by atoms with E-state index in [9.17, 15) is 0 Å². The van der Waals surface area contributed by atoms with Crippen LogP contribution < -0.4 is 0 Å². The zero-order valence-electron chi connectivity index (χ0n) is 6.55. The summed E-state index contributed by atoms with van der Waals surface area (Å²) >= 11 is 0. The van der Waals surface area contributed by atoms with Gasteiger partial charge in [-0.2, -0.15) is 5.26 Å². The number of nitrogens with zero attached hydrogens (tertiary/aromatic N) is 2. The van der Waals surface area contributed by atoms with Crippen molar-refractivity contribution in [3.8, 4) is 6.19 Å². The normalized spacial score (nSPS) is 8.90. The number of rotatable bonds is 2. The SMILES string of the molecule is CC(C)N(C#N)C(C)C.[LiH]. The summed E-state index contributed by atoms with van der Waals surface area (Å²) in [7, 11) is 0. The second kappa shape index (κ2) is 5.66. The third-order valence-corrected chi connectivity index (χ3v) is 1.23. The van der Waals surface area contributed by atoms with Crippen molar-refractivity contribution in [2.45, 2.75) is 39.8 Å². The minimum absolute atomic E-state index is 0. The zero-order chi connectivity index (χ0) is 7.44. The van der Waals surface area contributed by atoms with Crippen molar-refractivity contribution in [2.75, 3.05) is 0 Å². The average Bonchev–Trinajstić information content (AvgIpc) is 1.64. The molecular formula is C7H15LiN2. The molecule has 0 atom stereocenters. The van der Waals surface area contributed by atoms with Gasteiger partial charge in [0, 0.05) is 12.1 Å². The van der Waals surface area contributed by atoms with E-state index in [0.717, 1.165) is 0 Å². The molecule has 0 aromatic rings. The third kappa shape index (κ3) is 3.83.